The van der Waals surface area contributed by atoms with Gasteiger partial charge in [0.1, 0.15) is 13.2 Å². The molecule has 1 fully saturated rings. The first-order chi connectivity index (χ1) is 14.0. The molecule has 0 radical (unpaired) electrons. The van der Waals surface area contributed by atoms with Gasteiger partial charge in [-0.25, -0.2) is 0 Å². The molecule has 0 bridgehead atoms. The molecular formula is C21H28N3O5-. The van der Waals surface area contributed by atoms with Crippen LogP contribution >= 0.6 is 0 Å². The van der Waals surface area contributed by atoms with Crippen molar-refractivity contribution in [3.63, 3.8) is 0 Å². The number of carbonyl (C=O) groups excluding carboxylic acids is 4. The SMILES string of the molecule is [CH2-]CCCCNC(=O)COCC(=O)Nc1ccc(CCC(=O)N2CCC2=O)cc1. The molecule has 1 aliphatic rings. The Kier molecular flexibility index (Phi) is 9.30. The second-order valence-electron chi connectivity index (χ2n) is 6.84. The van der Waals surface area contributed by atoms with E-state index in [1.54, 1.807) is 12.1 Å². The topological polar surface area (TPSA) is 105 Å². The Morgan fingerprint density at radius 1 is 1.07 bits per heavy atom. The fraction of sp³-hybridized carbons (Fsp3) is 0.476. The number of anilines is 1. The minimum absolute atomic E-state index is 0.109. The van der Waals surface area contributed by atoms with E-state index in [0.717, 1.165) is 24.8 Å². The van der Waals surface area contributed by atoms with Gasteiger partial charge in [0.05, 0.1) is 0 Å². The summed E-state index contributed by atoms with van der Waals surface area (Å²) >= 11 is 0. The van der Waals surface area contributed by atoms with Gasteiger partial charge in [-0.15, -0.1) is 0 Å². The molecule has 2 rings (SSSR count). The zero-order chi connectivity index (χ0) is 21.1. The molecule has 0 unspecified atom stereocenters. The number of imide groups is 1. The first kappa shape index (κ1) is 22.5. The molecule has 0 atom stereocenters. The summed E-state index contributed by atoms with van der Waals surface area (Å²) < 4.78 is 5.12. The lowest BCUT2D eigenvalue weighted by Crippen LogP contribution is -2.47. The fourth-order valence-electron chi connectivity index (χ4n) is 2.73. The Bertz CT molecular complexity index is 718. The number of likely N-dealkylation sites (tertiary alicyclic amines) is 1. The number of ether oxygens (including phenoxy) is 1. The van der Waals surface area contributed by atoms with Crippen molar-refractivity contribution < 1.29 is 23.9 Å². The molecule has 0 aliphatic carbocycles. The van der Waals surface area contributed by atoms with E-state index < -0.39 is 0 Å². The van der Waals surface area contributed by atoms with Crippen LogP contribution in [0.1, 0.15) is 37.7 Å². The maximum Gasteiger partial charge on any atom is 0.250 e. The molecule has 2 N–H and O–H groups in total. The van der Waals surface area contributed by atoms with Crippen LogP contribution in [0.2, 0.25) is 0 Å². The summed E-state index contributed by atoms with van der Waals surface area (Å²) in [7, 11) is 0. The van der Waals surface area contributed by atoms with Gasteiger partial charge in [-0.2, -0.15) is 6.42 Å². The van der Waals surface area contributed by atoms with Crippen LogP contribution in [0.25, 0.3) is 0 Å². The highest BCUT2D eigenvalue weighted by Crippen LogP contribution is 2.14. The number of carbonyl (C=O) groups is 4. The summed E-state index contributed by atoms with van der Waals surface area (Å²) in [6.45, 7) is 4.45. The Balaban J connectivity index is 1.61. The highest BCUT2D eigenvalue weighted by Gasteiger charge is 2.29. The standard InChI is InChI=1S/C21H28N3O5/c1-2-3-4-12-22-18(25)14-29-15-19(26)23-17-8-5-16(6-9-17)7-10-20(27)24-13-11-21(24)28/h5-6,8-9H,1-4,7,10-15H2,(H,22,25)(H,23,26)/q-1. The number of aryl methyl sites for hydroxylation is 1. The van der Waals surface area contributed by atoms with Crippen molar-refractivity contribution in [2.45, 2.75) is 38.5 Å². The van der Waals surface area contributed by atoms with Crippen molar-refractivity contribution in [3.8, 4) is 0 Å². The number of amides is 4. The maximum absolute atomic E-state index is 11.9. The monoisotopic (exact) mass is 402 g/mol. The van der Waals surface area contributed by atoms with Crippen LogP contribution in [0.15, 0.2) is 24.3 Å². The molecule has 158 valence electrons. The first-order valence-electron chi connectivity index (χ1n) is 9.85. The van der Waals surface area contributed by atoms with E-state index in [9.17, 15) is 19.2 Å². The Morgan fingerprint density at radius 2 is 1.79 bits per heavy atom. The van der Waals surface area contributed by atoms with Crippen LogP contribution < -0.4 is 10.6 Å². The quantitative estimate of drug-likeness (QED) is 0.313. The molecule has 0 saturated carbocycles. The molecule has 1 heterocycles. The predicted octanol–water partition coefficient (Wildman–Crippen LogP) is 1.45. The van der Waals surface area contributed by atoms with Crippen molar-refractivity contribution >= 4 is 29.3 Å². The van der Waals surface area contributed by atoms with Gasteiger partial charge in [0.2, 0.25) is 23.6 Å². The number of benzene rings is 1. The predicted molar refractivity (Wildman–Crippen MR) is 108 cm³/mol. The Labute approximate surface area is 171 Å². The zero-order valence-corrected chi connectivity index (χ0v) is 16.6. The van der Waals surface area contributed by atoms with Gasteiger partial charge in [-0.05, 0) is 30.5 Å². The van der Waals surface area contributed by atoms with E-state index in [0.29, 0.717) is 31.6 Å². The number of rotatable bonds is 12. The van der Waals surface area contributed by atoms with Crippen molar-refractivity contribution in [1.82, 2.24) is 10.2 Å². The largest absolute Gasteiger partial charge is 0.362 e. The van der Waals surface area contributed by atoms with Gasteiger partial charge >= 0.3 is 0 Å². The molecule has 1 saturated heterocycles. The minimum Gasteiger partial charge on any atom is -0.362 e. The van der Waals surface area contributed by atoms with E-state index in [4.69, 9.17) is 4.74 Å². The van der Waals surface area contributed by atoms with Gasteiger partial charge in [0.15, 0.2) is 0 Å². The molecule has 0 aromatic heterocycles. The summed E-state index contributed by atoms with van der Waals surface area (Å²) in [5.41, 5.74) is 1.54. The van der Waals surface area contributed by atoms with E-state index in [2.05, 4.69) is 17.6 Å². The van der Waals surface area contributed by atoms with Gasteiger partial charge in [0, 0.05) is 31.6 Å². The first-order valence-corrected chi connectivity index (χ1v) is 9.85. The smallest absolute Gasteiger partial charge is 0.250 e. The molecule has 1 aromatic carbocycles. The number of nitrogens with one attached hydrogen (secondary N) is 2. The number of hydrogen-bond donors (Lipinski definition) is 2. The molecule has 29 heavy (non-hydrogen) atoms. The van der Waals surface area contributed by atoms with E-state index in [1.807, 2.05) is 12.1 Å². The summed E-state index contributed by atoms with van der Waals surface area (Å²) in [5.74, 6) is -0.862. The van der Waals surface area contributed by atoms with Gasteiger partial charge in [-0.3, -0.25) is 24.1 Å². The van der Waals surface area contributed by atoms with Crippen molar-refractivity contribution in [2.75, 3.05) is 31.6 Å². The van der Waals surface area contributed by atoms with Gasteiger partial charge in [0.25, 0.3) is 0 Å². The minimum atomic E-state index is -0.353. The van der Waals surface area contributed by atoms with Crippen LogP contribution in [0.3, 0.4) is 0 Å². The lowest BCUT2D eigenvalue weighted by atomic mass is 10.1. The molecule has 8 heteroatoms. The average molecular weight is 402 g/mol. The van der Waals surface area contributed by atoms with Crippen molar-refractivity contribution in [2.24, 2.45) is 0 Å². The van der Waals surface area contributed by atoms with E-state index in [-0.39, 0.29) is 43.3 Å². The van der Waals surface area contributed by atoms with Crippen LogP contribution in [-0.2, 0) is 30.3 Å². The number of β-lactam (4-membered cyclic amide) rings is 1. The third-order valence-electron chi connectivity index (χ3n) is 4.48. The normalized spacial score (nSPS) is 13.0. The second-order valence-corrected chi connectivity index (χ2v) is 6.84. The Hall–Kier alpha value is -2.74. The fourth-order valence-corrected chi connectivity index (χ4v) is 2.73. The lowest BCUT2D eigenvalue weighted by Gasteiger charge is -2.28. The third kappa shape index (κ3) is 8.03. The lowest BCUT2D eigenvalue weighted by molar-refractivity contribution is -0.152. The molecule has 4 amide bonds. The third-order valence-corrected chi connectivity index (χ3v) is 4.48. The summed E-state index contributed by atoms with van der Waals surface area (Å²) in [6, 6.07) is 7.12. The van der Waals surface area contributed by atoms with Gasteiger partial charge < -0.3 is 22.3 Å². The molecular weight excluding hydrogens is 374 g/mol. The van der Waals surface area contributed by atoms with Crippen LogP contribution in [0, 0.1) is 6.92 Å². The van der Waals surface area contributed by atoms with E-state index in [1.165, 1.54) is 4.90 Å². The summed E-state index contributed by atoms with van der Waals surface area (Å²) in [5, 5.41) is 5.40. The number of nitrogens with zero attached hydrogens (tertiary/aromatic N) is 1. The Morgan fingerprint density at radius 3 is 2.41 bits per heavy atom. The van der Waals surface area contributed by atoms with Crippen molar-refractivity contribution in [3.05, 3.63) is 36.8 Å². The zero-order valence-electron chi connectivity index (χ0n) is 16.6. The molecule has 1 aliphatic heterocycles. The van der Waals surface area contributed by atoms with Gasteiger partial charge in [-0.1, -0.05) is 18.6 Å². The van der Waals surface area contributed by atoms with Crippen LogP contribution in [0.4, 0.5) is 5.69 Å². The number of unbranched alkanes of at least 4 members (excludes halogenated alkanes) is 2. The van der Waals surface area contributed by atoms with Crippen LogP contribution in [0.5, 0.6) is 0 Å². The van der Waals surface area contributed by atoms with Crippen molar-refractivity contribution in [1.29, 1.82) is 0 Å². The summed E-state index contributed by atoms with van der Waals surface area (Å²) in [6.07, 6.45) is 3.93. The maximum atomic E-state index is 11.9. The highest BCUT2D eigenvalue weighted by atomic mass is 16.5. The molecule has 1 aromatic rings. The highest BCUT2D eigenvalue weighted by molar-refractivity contribution is 5.99. The average Bonchev–Trinajstić information content (AvgIpc) is 2.69. The molecule has 0 spiro atoms. The number of hydrogen-bond acceptors (Lipinski definition) is 5. The molecule has 8 nitrogen and oxygen atoms in total. The second kappa shape index (κ2) is 12.0. The van der Waals surface area contributed by atoms with E-state index >= 15 is 0 Å². The summed E-state index contributed by atoms with van der Waals surface area (Å²) in [4.78, 5) is 47.8. The van der Waals surface area contributed by atoms with Crippen LogP contribution in [-0.4, -0.2) is 54.8 Å².